The zero-order chi connectivity index (χ0) is 19.8. The van der Waals surface area contributed by atoms with E-state index in [9.17, 15) is 9.18 Å². The number of nitrogens with zero attached hydrogens (tertiary/aromatic N) is 3. The molecule has 6 nitrogen and oxygen atoms in total. The van der Waals surface area contributed by atoms with Crippen molar-refractivity contribution in [2.24, 2.45) is 0 Å². The summed E-state index contributed by atoms with van der Waals surface area (Å²) < 4.78 is 24.5. The lowest BCUT2D eigenvalue weighted by Gasteiger charge is -2.47. The summed E-state index contributed by atoms with van der Waals surface area (Å²) in [5.41, 5.74) is 1.50. The van der Waals surface area contributed by atoms with Crippen LogP contribution in [0.1, 0.15) is 55.1 Å². The normalized spacial score (nSPS) is 20.4. The molecular weight excluding hydrogens is 373 g/mol. The number of hydrogen-bond acceptors (Lipinski definition) is 5. The highest BCUT2D eigenvalue weighted by atomic mass is 19.1. The first-order valence-electron chi connectivity index (χ1n) is 10.3. The van der Waals surface area contributed by atoms with Gasteiger partial charge in [-0.1, -0.05) is 19.3 Å². The number of benzene rings is 1. The van der Waals surface area contributed by atoms with Crippen LogP contribution in [0.2, 0.25) is 0 Å². The minimum Gasteiger partial charge on any atom is -0.484 e. The molecule has 1 aliphatic carbocycles. The quantitative estimate of drug-likeness (QED) is 0.792. The molecule has 1 amide bonds. The highest BCUT2D eigenvalue weighted by Gasteiger charge is 2.52. The molecule has 29 heavy (non-hydrogen) atoms. The van der Waals surface area contributed by atoms with Crippen molar-refractivity contribution in [3.63, 3.8) is 0 Å². The van der Waals surface area contributed by atoms with Crippen LogP contribution in [0.4, 0.5) is 4.39 Å². The SMILES string of the molecule is O=C(COc1ccc(F)cc1)N1CC2(C1)OCc1nc(C3CCCCC3)ncc12. The van der Waals surface area contributed by atoms with Gasteiger partial charge in [-0.25, -0.2) is 14.4 Å². The molecule has 0 unspecified atom stereocenters. The molecule has 0 radical (unpaired) electrons. The standard InChI is InChI=1S/C22H24FN3O3/c23-16-6-8-17(9-7-16)28-12-20(27)26-13-22(14-26)18-10-24-21(25-19(18)11-29-22)15-4-2-1-3-5-15/h6-10,15H,1-5,11-14H2. The predicted octanol–water partition coefficient (Wildman–Crippen LogP) is 3.31. The van der Waals surface area contributed by atoms with Gasteiger partial charge in [-0.15, -0.1) is 0 Å². The van der Waals surface area contributed by atoms with Crippen LogP contribution in [0.25, 0.3) is 0 Å². The molecule has 1 aromatic carbocycles. The molecule has 1 saturated heterocycles. The van der Waals surface area contributed by atoms with Crippen LogP contribution < -0.4 is 4.74 Å². The molecular formula is C22H24FN3O3. The summed E-state index contributed by atoms with van der Waals surface area (Å²) >= 11 is 0. The summed E-state index contributed by atoms with van der Waals surface area (Å²) in [5, 5.41) is 0. The first-order chi connectivity index (χ1) is 14.1. The summed E-state index contributed by atoms with van der Waals surface area (Å²) in [6.07, 6.45) is 8.06. The first kappa shape index (κ1) is 18.5. The van der Waals surface area contributed by atoms with Gasteiger partial charge in [0.05, 0.1) is 25.4 Å². The Morgan fingerprint density at radius 2 is 1.97 bits per heavy atom. The van der Waals surface area contributed by atoms with Crippen molar-refractivity contribution in [3.05, 3.63) is 53.4 Å². The van der Waals surface area contributed by atoms with E-state index in [1.54, 1.807) is 4.90 Å². The molecule has 3 heterocycles. The number of ether oxygens (including phenoxy) is 2. The van der Waals surface area contributed by atoms with E-state index in [1.807, 2.05) is 6.20 Å². The molecule has 7 heteroatoms. The van der Waals surface area contributed by atoms with E-state index < -0.39 is 5.60 Å². The second-order valence-electron chi connectivity index (χ2n) is 8.20. The van der Waals surface area contributed by atoms with Crippen molar-refractivity contribution in [2.45, 2.75) is 50.2 Å². The predicted molar refractivity (Wildman–Crippen MR) is 103 cm³/mol. The fourth-order valence-corrected chi connectivity index (χ4v) is 4.54. The smallest absolute Gasteiger partial charge is 0.260 e. The summed E-state index contributed by atoms with van der Waals surface area (Å²) in [6, 6.07) is 5.64. The Kier molecular flexibility index (Phi) is 4.70. The molecule has 0 atom stereocenters. The van der Waals surface area contributed by atoms with Crippen LogP contribution in [-0.2, 0) is 21.7 Å². The van der Waals surface area contributed by atoms with Crippen molar-refractivity contribution in [2.75, 3.05) is 19.7 Å². The Labute approximate surface area is 169 Å². The van der Waals surface area contributed by atoms with Crippen LogP contribution in [0.15, 0.2) is 30.5 Å². The molecule has 1 saturated carbocycles. The largest absolute Gasteiger partial charge is 0.484 e. The van der Waals surface area contributed by atoms with Crippen LogP contribution in [0.5, 0.6) is 5.75 Å². The van der Waals surface area contributed by atoms with Crippen LogP contribution in [0, 0.1) is 5.82 Å². The topological polar surface area (TPSA) is 64.5 Å². The molecule has 1 spiro atoms. The number of likely N-dealkylation sites (tertiary alicyclic amines) is 1. The van der Waals surface area contributed by atoms with Gasteiger partial charge in [-0.05, 0) is 37.1 Å². The van der Waals surface area contributed by atoms with Gasteiger partial charge in [-0.2, -0.15) is 0 Å². The molecule has 2 fully saturated rings. The molecule has 5 rings (SSSR count). The number of carbonyl (C=O) groups excluding carboxylic acids is 1. The Hall–Kier alpha value is -2.54. The minimum atomic E-state index is -0.480. The van der Waals surface area contributed by atoms with E-state index >= 15 is 0 Å². The zero-order valence-corrected chi connectivity index (χ0v) is 16.3. The van der Waals surface area contributed by atoms with Gasteiger partial charge < -0.3 is 14.4 Å². The molecule has 0 bridgehead atoms. The van der Waals surface area contributed by atoms with Gasteiger partial charge in [0.1, 0.15) is 23.0 Å². The van der Waals surface area contributed by atoms with E-state index in [0.717, 1.165) is 17.1 Å². The molecule has 152 valence electrons. The lowest BCUT2D eigenvalue weighted by atomic mass is 9.86. The summed E-state index contributed by atoms with van der Waals surface area (Å²) in [4.78, 5) is 23.6. The maximum atomic E-state index is 12.9. The third-order valence-corrected chi connectivity index (χ3v) is 6.25. The maximum Gasteiger partial charge on any atom is 0.260 e. The van der Waals surface area contributed by atoms with Crippen LogP contribution in [-0.4, -0.2) is 40.5 Å². The van der Waals surface area contributed by atoms with Crippen molar-refractivity contribution < 1.29 is 18.7 Å². The highest BCUT2D eigenvalue weighted by molar-refractivity contribution is 5.79. The number of aromatic nitrogens is 2. The Bertz CT molecular complexity index is 906. The Morgan fingerprint density at radius 1 is 1.21 bits per heavy atom. The lowest BCUT2D eigenvalue weighted by Crippen LogP contribution is -2.62. The van der Waals surface area contributed by atoms with Gasteiger partial charge >= 0.3 is 0 Å². The molecule has 1 aromatic heterocycles. The molecule has 3 aliphatic rings. The van der Waals surface area contributed by atoms with E-state index in [1.165, 1.54) is 56.4 Å². The summed E-state index contributed by atoms with van der Waals surface area (Å²) in [7, 11) is 0. The average molecular weight is 397 g/mol. The third kappa shape index (κ3) is 3.48. The summed E-state index contributed by atoms with van der Waals surface area (Å²) in [6.45, 7) is 1.37. The van der Waals surface area contributed by atoms with Gasteiger partial charge in [-0.3, -0.25) is 4.79 Å². The van der Waals surface area contributed by atoms with Gasteiger partial charge in [0.25, 0.3) is 5.91 Å². The van der Waals surface area contributed by atoms with Crippen molar-refractivity contribution in [1.82, 2.24) is 14.9 Å². The number of halogens is 1. The molecule has 2 aliphatic heterocycles. The first-order valence-corrected chi connectivity index (χ1v) is 10.3. The van der Waals surface area contributed by atoms with Crippen molar-refractivity contribution in [1.29, 1.82) is 0 Å². The van der Waals surface area contributed by atoms with E-state index in [0.29, 0.717) is 31.4 Å². The second kappa shape index (κ2) is 7.37. The van der Waals surface area contributed by atoms with Crippen molar-refractivity contribution >= 4 is 5.91 Å². The number of rotatable bonds is 4. The van der Waals surface area contributed by atoms with Gasteiger partial charge in [0, 0.05) is 17.7 Å². The molecule has 2 aromatic rings. The second-order valence-corrected chi connectivity index (χ2v) is 8.20. The maximum absolute atomic E-state index is 12.9. The number of fused-ring (bicyclic) bond motifs is 2. The fraction of sp³-hybridized carbons (Fsp3) is 0.500. The number of amides is 1. The van der Waals surface area contributed by atoms with Crippen LogP contribution in [0.3, 0.4) is 0 Å². The third-order valence-electron chi connectivity index (χ3n) is 6.25. The minimum absolute atomic E-state index is 0.0777. The number of hydrogen-bond donors (Lipinski definition) is 0. The monoisotopic (exact) mass is 397 g/mol. The van der Waals surface area contributed by atoms with Gasteiger partial charge in [0.15, 0.2) is 6.61 Å². The average Bonchev–Trinajstić information content (AvgIpc) is 3.12. The highest BCUT2D eigenvalue weighted by Crippen LogP contribution is 2.43. The van der Waals surface area contributed by atoms with E-state index in [4.69, 9.17) is 14.5 Å². The van der Waals surface area contributed by atoms with E-state index in [-0.39, 0.29) is 18.3 Å². The Balaban J connectivity index is 1.20. The fourth-order valence-electron chi connectivity index (χ4n) is 4.54. The lowest BCUT2D eigenvalue weighted by molar-refractivity contribution is -0.170. The number of carbonyl (C=O) groups is 1. The molecule has 0 N–H and O–H groups in total. The zero-order valence-electron chi connectivity index (χ0n) is 16.3. The van der Waals surface area contributed by atoms with Gasteiger partial charge in [0.2, 0.25) is 0 Å². The summed E-state index contributed by atoms with van der Waals surface area (Å²) in [5.74, 6) is 1.44. The Morgan fingerprint density at radius 3 is 2.72 bits per heavy atom. The van der Waals surface area contributed by atoms with Crippen molar-refractivity contribution in [3.8, 4) is 5.75 Å². The van der Waals surface area contributed by atoms with E-state index in [2.05, 4.69) is 4.98 Å². The van der Waals surface area contributed by atoms with Crippen LogP contribution >= 0.6 is 0 Å².